The number of ether oxygens (including phenoxy) is 1. The first kappa shape index (κ1) is 28.4. The van der Waals surface area contributed by atoms with Gasteiger partial charge in [0.1, 0.15) is 18.2 Å². The van der Waals surface area contributed by atoms with E-state index in [1.165, 1.54) is 22.7 Å². The minimum atomic E-state index is -0.478. The summed E-state index contributed by atoms with van der Waals surface area (Å²) in [6, 6.07) is 12.8. The van der Waals surface area contributed by atoms with E-state index in [2.05, 4.69) is 32.2 Å². The smallest absolute Gasteiger partial charge is 0.240 e. The van der Waals surface area contributed by atoms with Gasteiger partial charge in [-0.15, -0.1) is 11.8 Å². The van der Waals surface area contributed by atoms with Crippen LogP contribution in [0.4, 0.5) is 10.2 Å². The molecule has 0 unspecified atom stereocenters. The van der Waals surface area contributed by atoms with Crippen LogP contribution in [0.15, 0.2) is 42.5 Å². The molecule has 1 saturated heterocycles. The van der Waals surface area contributed by atoms with Crippen molar-refractivity contribution in [1.29, 1.82) is 0 Å². The first-order valence-electron chi connectivity index (χ1n) is 13.8. The molecule has 2 atom stereocenters. The number of rotatable bonds is 6. The normalized spacial score (nSPS) is 19.4. The number of carbonyl (C=O) groups is 2. The molecule has 3 aromatic rings. The summed E-state index contributed by atoms with van der Waals surface area (Å²) in [6.07, 6.45) is 1.88. The maximum absolute atomic E-state index is 15.3. The lowest BCUT2D eigenvalue weighted by atomic mass is 9.87. The second-order valence-corrected chi connectivity index (χ2v) is 12.8. The maximum atomic E-state index is 15.3. The summed E-state index contributed by atoms with van der Waals surface area (Å²) in [5.74, 6) is -0.199. The zero-order valence-electron chi connectivity index (χ0n) is 23.8. The topological polar surface area (TPSA) is 76.5 Å². The Balaban J connectivity index is 1.68. The molecule has 1 aromatic heterocycles. The van der Waals surface area contributed by atoms with Crippen LogP contribution in [-0.4, -0.2) is 53.1 Å². The van der Waals surface area contributed by atoms with E-state index in [4.69, 9.17) is 9.84 Å². The molecule has 0 aliphatic carbocycles. The van der Waals surface area contributed by atoms with Crippen molar-refractivity contribution in [2.75, 3.05) is 30.3 Å². The molecule has 2 amide bonds. The molecule has 0 spiro atoms. The van der Waals surface area contributed by atoms with Crippen LogP contribution in [0, 0.1) is 19.7 Å². The summed E-state index contributed by atoms with van der Waals surface area (Å²) in [6.45, 7) is 11.2. The van der Waals surface area contributed by atoms with Crippen molar-refractivity contribution in [3.63, 3.8) is 0 Å². The van der Waals surface area contributed by atoms with Crippen LogP contribution in [-0.2, 0) is 19.7 Å². The van der Waals surface area contributed by atoms with Gasteiger partial charge in [-0.25, -0.2) is 9.07 Å². The average molecular weight is 565 g/mol. The summed E-state index contributed by atoms with van der Waals surface area (Å²) in [4.78, 5) is 28.6. The van der Waals surface area contributed by atoms with Crippen molar-refractivity contribution in [3.8, 4) is 5.69 Å². The molecule has 1 fully saturated rings. The van der Waals surface area contributed by atoms with Crippen molar-refractivity contribution in [1.82, 2.24) is 15.1 Å². The molecule has 2 aliphatic rings. The van der Waals surface area contributed by atoms with E-state index in [9.17, 15) is 9.59 Å². The predicted octanol–water partition coefficient (Wildman–Crippen LogP) is 5.39. The number of thioether (sulfide) groups is 1. The Morgan fingerprint density at radius 1 is 1.20 bits per heavy atom. The fraction of sp³-hybridized carbons (Fsp3) is 0.452. The van der Waals surface area contributed by atoms with Crippen molar-refractivity contribution in [2.45, 2.75) is 64.2 Å². The van der Waals surface area contributed by atoms with Crippen LogP contribution in [0.3, 0.4) is 0 Å². The monoisotopic (exact) mass is 564 g/mol. The maximum Gasteiger partial charge on any atom is 0.240 e. The fourth-order valence-corrected chi connectivity index (χ4v) is 6.67. The van der Waals surface area contributed by atoms with Crippen molar-refractivity contribution in [3.05, 3.63) is 76.2 Å². The molecule has 7 nitrogen and oxygen atoms in total. The first-order valence-corrected chi connectivity index (χ1v) is 14.8. The van der Waals surface area contributed by atoms with Gasteiger partial charge in [0.25, 0.3) is 0 Å². The minimum Gasteiger partial charge on any atom is -0.376 e. The van der Waals surface area contributed by atoms with Gasteiger partial charge < -0.3 is 10.1 Å². The third kappa shape index (κ3) is 5.67. The Labute approximate surface area is 239 Å². The SMILES string of the molecule is Cc1ccc(-n2nc(C(C)(C)C)c3c2N(CC(=O)NC[C@@H]2CCCO2)C(=O)CS[C@@H]3c2ccccc2F)c(C)c1. The van der Waals surface area contributed by atoms with Crippen LogP contribution in [0.25, 0.3) is 5.69 Å². The average Bonchev–Trinajstić information content (AvgIpc) is 3.53. The van der Waals surface area contributed by atoms with Crippen molar-refractivity contribution >= 4 is 29.4 Å². The van der Waals surface area contributed by atoms with E-state index in [0.717, 1.165) is 40.9 Å². The number of benzene rings is 2. The van der Waals surface area contributed by atoms with Crippen LogP contribution in [0.1, 0.15) is 66.8 Å². The van der Waals surface area contributed by atoms with Gasteiger partial charge in [-0.1, -0.05) is 56.7 Å². The minimum absolute atomic E-state index is 0.00596. The summed E-state index contributed by atoms with van der Waals surface area (Å²) in [5, 5.41) is 7.59. The van der Waals surface area contributed by atoms with Gasteiger partial charge in [0.2, 0.25) is 11.8 Å². The number of carbonyl (C=O) groups excluding carboxylic acids is 2. The third-order valence-corrected chi connectivity index (χ3v) is 8.66. The highest BCUT2D eigenvalue weighted by Crippen LogP contribution is 2.49. The number of amides is 2. The van der Waals surface area contributed by atoms with Gasteiger partial charge in [0.15, 0.2) is 0 Å². The fourth-order valence-electron chi connectivity index (χ4n) is 5.45. The van der Waals surface area contributed by atoms with Crippen LogP contribution in [0.2, 0.25) is 0 Å². The zero-order chi connectivity index (χ0) is 28.6. The Morgan fingerprint density at radius 3 is 2.65 bits per heavy atom. The Morgan fingerprint density at radius 2 is 1.98 bits per heavy atom. The molecule has 0 radical (unpaired) electrons. The first-order chi connectivity index (χ1) is 19.0. The number of anilines is 1. The van der Waals surface area contributed by atoms with Crippen LogP contribution < -0.4 is 10.2 Å². The van der Waals surface area contributed by atoms with Gasteiger partial charge in [-0.3, -0.25) is 14.5 Å². The molecule has 2 aliphatic heterocycles. The quantitative estimate of drug-likeness (QED) is 0.435. The van der Waals surface area contributed by atoms with E-state index >= 15 is 4.39 Å². The van der Waals surface area contributed by atoms with Crippen LogP contribution >= 0.6 is 11.8 Å². The second-order valence-electron chi connectivity index (χ2n) is 11.7. The molecule has 1 N–H and O–H groups in total. The van der Waals surface area contributed by atoms with Gasteiger partial charge in [0.05, 0.1) is 28.5 Å². The molecular weight excluding hydrogens is 527 g/mol. The predicted molar refractivity (Wildman–Crippen MR) is 157 cm³/mol. The number of nitrogens with zero attached hydrogens (tertiary/aromatic N) is 3. The number of nitrogens with one attached hydrogen (secondary N) is 1. The highest BCUT2D eigenvalue weighted by atomic mass is 32.2. The van der Waals surface area contributed by atoms with Crippen LogP contribution in [0.5, 0.6) is 0 Å². The zero-order valence-corrected chi connectivity index (χ0v) is 24.6. The Hall–Kier alpha value is -3.17. The van der Waals surface area contributed by atoms with Gasteiger partial charge in [0, 0.05) is 29.7 Å². The van der Waals surface area contributed by atoms with Crippen molar-refractivity contribution in [2.24, 2.45) is 0 Å². The molecule has 212 valence electrons. The van der Waals surface area contributed by atoms with E-state index in [-0.39, 0.29) is 36.0 Å². The number of halogens is 1. The number of hydrogen-bond donors (Lipinski definition) is 1. The highest BCUT2D eigenvalue weighted by Gasteiger charge is 2.40. The van der Waals surface area contributed by atoms with Gasteiger partial charge in [-0.05, 0) is 44.4 Å². The molecule has 3 heterocycles. The lowest BCUT2D eigenvalue weighted by Crippen LogP contribution is -2.44. The Bertz CT molecular complexity index is 1420. The number of aromatic nitrogens is 2. The molecule has 2 aromatic carbocycles. The van der Waals surface area contributed by atoms with Gasteiger partial charge in [-0.2, -0.15) is 5.10 Å². The molecule has 5 rings (SSSR count). The molecular formula is C31H37FN4O3S. The number of aryl methyl sites for hydroxylation is 2. The van der Waals surface area contributed by atoms with E-state index in [1.54, 1.807) is 16.8 Å². The standard InChI is InChI=1S/C31H37FN4O3S/c1-19-12-13-24(20(2)15-19)36-30-27(29(34-36)31(3,4)5)28(22-10-6-7-11-23(22)32)40-18-26(38)35(30)17-25(37)33-16-21-9-8-14-39-21/h6-7,10-13,15,21,28H,8-9,14,16-18H2,1-5H3,(H,33,37)/t21-,28+/m0/s1. The third-order valence-electron chi connectivity index (χ3n) is 7.42. The van der Waals surface area contributed by atoms with E-state index in [0.29, 0.717) is 24.5 Å². The summed E-state index contributed by atoms with van der Waals surface area (Å²) in [7, 11) is 0. The summed E-state index contributed by atoms with van der Waals surface area (Å²) >= 11 is 1.38. The Kier molecular flexibility index (Phi) is 8.06. The molecule has 0 saturated carbocycles. The van der Waals surface area contributed by atoms with Gasteiger partial charge >= 0.3 is 0 Å². The largest absolute Gasteiger partial charge is 0.376 e. The van der Waals surface area contributed by atoms with E-state index in [1.807, 2.05) is 32.0 Å². The van der Waals surface area contributed by atoms with E-state index < -0.39 is 10.7 Å². The summed E-state index contributed by atoms with van der Waals surface area (Å²) < 4.78 is 22.7. The number of fused-ring (bicyclic) bond motifs is 1. The highest BCUT2D eigenvalue weighted by molar-refractivity contribution is 8.00. The lowest BCUT2D eigenvalue weighted by molar-refractivity contribution is -0.123. The molecule has 0 bridgehead atoms. The molecule has 9 heteroatoms. The molecule has 40 heavy (non-hydrogen) atoms. The summed E-state index contributed by atoms with van der Waals surface area (Å²) in [5.41, 5.74) is 4.52. The second kappa shape index (κ2) is 11.4. The van der Waals surface area contributed by atoms with Crippen molar-refractivity contribution < 1.29 is 18.7 Å². The number of hydrogen-bond acceptors (Lipinski definition) is 5. The lowest BCUT2D eigenvalue weighted by Gasteiger charge is -2.25.